The van der Waals surface area contributed by atoms with Crippen molar-refractivity contribution in [3.63, 3.8) is 0 Å². The normalized spacial score (nSPS) is 27.0. The van der Waals surface area contributed by atoms with Crippen LogP contribution in [0.2, 0.25) is 0 Å². The summed E-state index contributed by atoms with van der Waals surface area (Å²) in [6, 6.07) is 0.772. The molecule has 33 heavy (non-hydrogen) atoms. The van der Waals surface area contributed by atoms with Crippen LogP contribution in [0.25, 0.3) is 0 Å². The summed E-state index contributed by atoms with van der Waals surface area (Å²) in [6.45, 7) is 7.44. The van der Waals surface area contributed by atoms with Gasteiger partial charge in [0.1, 0.15) is 0 Å². The number of piperazine rings is 1. The average Bonchev–Trinajstić information content (AvgIpc) is 3.02. The topological polar surface area (TPSA) is 55.0 Å². The van der Waals surface area contributed by atoms with Crippen molar-refractivity contribution in [2.45, 2.75) is 69.7 Å². The molecule has 6 rings (SSSR count). The van der Waals surface area contributed by atoms with E-state index in [1.807, 2.05) is 4.90 Å². The van der Waals surface area contributed by atoms with Gasteiger partial charge in [0, 0.05) is 70.0 Å². The molecule has 2 fully saturated rings. The van der Waals surface area contributed by atoms with Crippen LogP contribution < -0.4 is 15.1 Å². The summed E-state index contributed by atoms with van der Waals surface area (Å²) in [7, 11) is 2.13. The van der Waals surface area contributed by atoms with Crippen LogP contribution in [-0.4, -0.2) is 86.3 Å². The second-order valence-corrected chi connectivity index (χ2v) is 10.8. The maximum atomic E-state index is 12.7. The first kappa shape index (κ1) is 21.5. The Morgan fingerprint density at radius 3 is 2.64 bits per heavy atom. The molecule has 1 saturated carbocycles. The minimum absolute atomic E-state index is 0.104. The number of likely N-dealkylation sites (N-methyl/N-ethyl adjacent to an activating group) is 1. The highest BCUT2D eigenvalue weighted by atomic mass is 16.2. The van der Waals surface area contributed by atoms with Gasteiger partial charge in [-0.2, -0.15) is 0 Å². The van der Waals surface area contributed by atoms with Crippen LogP contribution >= 0.6 is 0 Å². The highest BCUT2D eigenvalue weighted by Gasteiger charge is 2.45. The zero-order valence-corrected chi connectivity index (χ0v) is 20.3. The van der Waals surface area contributed by atoms with Crippen LogP contribution in [0.4, 0.5) is 16.2 Å². The molecule has 4 heterocycles. The van der Waals surface area contributed by atoms with Crippen molar-refractivity contribution in [2.75, 3.05) is 69.2 Å². The number of anilines is 2. The van der Waals surface area contributed by atoms with Gasteiger partial charge in [0.25, 0.3) is 0 Å². The number of urea groups is 1. The number of hydrogen-bond donors (Lipinski definition) is 1. The number of rotatable bonds is 3. The van der Waals surface area contributed by atoms with E-state index in [1.54, 1.807) is 0 Å². The molecule has 2 amide bonds. The molecule has 1 saturated heterocycles. The summed E-state index contributed by atoms with van der Waals surface area (Å²) in [4.78, 5) is 27.8. The molecule has 5 aliphatic rings. The van der Waals surface area contributed by atoms with Crippen LogP contribution in [0.3, 0.4) is 0 Å². The van der Waals surface area contributed by atoms with Crippen molar-refractivity contribution in [3.8, 4) is 0 Å². The molecule has 1 aromatic heterocycles. The molecule has 3 aliphatic heterocycles. The smallest absolute Gasteiger partial charge is 0.317 e. The summed E-state index contributed by atoms with van der Waals surface area (Å²) in [5, 5.41) is 3.23. The highest BCUT2D eigenvalue weighted by Crippen LogP contribution is 2.53. The van der Waals surface area contributed by atoms with E-state index in [4.69, 9.17) is 4.98 Å². The van der Waals surface area contributed by atoms with Crippen molar-refractivity contribution in [2.24, 2.45) is 0 Å². The molecule has 180 valence electrons. The monoisotopic (exact) mass is 452 g/mol. The van der Waals surface area contributed by atoms with Crippen molar-refractivity contribution < 1.29 is 4.79 Å². The Labute approximate surface area is 198 Å². The van der Waals surface area contributed by atoms with Gasteiger partial charge in [0.05, 0.1) is 17.1 Å². The van der Waals surface area contributed by atoms with Gasteiger partial charge >= 0.3 is 6.03 Å². The number of nitrogens with one attached hydrogen (secondary N) is 1. The van der Waals surface area contributed by atoms with E-state index in [-0.39, 0.29) is 6.03 Å². The molecule has 2 aliphatic carbocycles. The third-order valence-electron chi connectivity index (χ3n) is 8.81. The number of carbonyl (C=O) groups excluding carboxylic acids is 1. The first-order valence-corrected chi connectivity index (χ1v) is 13.5. The lowest BCUT2D eigenvalue weighted by atomic mass is 9.83. The standard InChI is InChI=1S/C26H40N6O/c1-29-15-17-31(18-16-29)26(33)27-11-14-30-12-6-13-32-22-10-5-3-8-20(22)23-25(32)24(30)19-7-2-4-9-21(19)28-23/h20,22H,2-18H2,1H3,(H,27,33). The van der Waals surface area contributed by atoms with E-state index in [1.165, 1.54) is 73.3 Å². The fourth-order valence-electron chi connectivity index (χ4n) is 7.05. The Hall–Kier alpha value is -2.02. The Balaban J connectivity index is 1.25. The second-order valence-electron chi connectivity index (χ2n) is 10.8. The van der Waals surface area contributed by atoms with Crippen LogP contribution in [0.15, 0.2) is 0 Å². The van der Waals surface area contributed by atoms with Gasteiger partial charge < -0.3 is 24.9 Å². The van der Waals surface area contributed by atoms with Crippen LogP contribution in [-0.2, 0) is 12.8 Å². The number of amides is 2. The molecular formula is C26H40N6O. The van der Waals surface area contributed by atoms with Crippen LogP contribution in [0, 0.1) is 0 Å². The first-order valence-electron chi connectivity index (χ1n) is 13.5. The van der Waals surface area contributed by atoms with Gasteiger partial charge in [0.15, 0.2) is 0 Å². The number of fused-ring (bicyclic) bond motifs is 5. The van der Waals surface area contributed by atoms with Crippen LogP contribution in [0.5, 0.6) is 0 Å². The summed E-state index contributed by atoms with van der Waals surface area (Å²) >= 11 is 0. The second kappa shape index (κ2) is 8.97. The number of carbonyl (C=O) groups is 1. The zero-order valence-electron chi connectivity index (χ0n) is 20.3. The van der Waals surface area contributed by atoms with E-state index < -0.39 is 0 Å². The van der Waals surface area contributed by atoms with Crippen molar-refractivity contribution in [3.05, 3.63) is 17.0 Å². The molecule has 0 bridgehead atoms. The lowest BCUT2D eigenvalue weighted by Gasteiger charge is -2.34. The van der Waals surface area contributed by atoms with E-state index in [2.05, 4.69) is 27.1 Å². The maximum absolute atomic E-state index is 12.7. The number of aryl methyl sites for hydroxylation is 1. The lowest BCUT2D eigenvalue weighted by Crippen LogP contribution is -2.51. The fraction of sp³-hybridized carbons (Fsp3) is 0.769. The molecule has 2 atom stereocenters. The molecule has 1 N–H and O–H groups in total. The molecular weight excluding hydrogens is 412 g/mol. The minimum atomic E-state index is 0.104. The summed E-state index contributed by atoms with van der Waals surface area (Å²) < 4.78 is 0. The number of aromatic nitrogens is 1. The lowest BCUT2D eigenvalue weighted by molar-refractivity contribution is 0.154. The first-order chi connectivity index (χ1) is 16.2. The van der Waals surface area contributed by atoms with Gasteiger partial charge in [-0.1, -0.05) is 12.8 Å². The number of pyridine rings is 1. The van der Waals surface area contributed by atoms with Crippen LogP contribution in [0.1, 0.15) is 67.8 Å². The van der Waals surface area contributed by atoms with Gasteiger partial charge in [0.2, 0.25) is 0 Å². The highest BCUT2D eigenvalue weighted by molar-refractivity contribution is 5.82. The summed E-state index contributed by atoms with van der Waals surface area (Å²) in [5.41, 5.74) is 7.31. The third kappa shape index (κ3) is 3.86. The molecule has 0 aromatic carbocycles. The third-order valence-corrected chi connectivity index (χ3v) is 8.81. The molecule has 7 nitrogen and oxygen atoms in total. The van der Waals surface area contributed by atoms with Gasteiger partial charge in [-0.25, -0.2) is 4.79 Å². The molecule has 2 unspecified atom stereocenters. The Morgan fingerprint density at radius 2 is 1.76 bits per heavy atom. The molecule has 0 radical (unpaired) electrons. The van der Waals surface area contributed by atoms with E-state index >= 15 is 0 Å². The summed E-state index contributed by atoms with van der Waals surface area (Å²) in [5.74, 6) is 0.636. The number of nitrogens with zero attached hydrogens (tertiary/aromatic N) is 5. The summed E-state index contributed by atoms with van der Waals surface area (Å²) in [6.07, 6.45) is 11.4. The van der Waals surface area contributed by atoms with Gasteiger partial charge in [-0.15, -0.1) is 0 Å². The van der Waals surface area contributed by atoms with E-state index in [0.29, 0.717) is 18.5 Å². The molecule has 7 heteroatoms. The van der Waals surface area contributed by atoms with E-state index in [9.17, 15) is 4.79 Å². The Bertz CT molecular complexity index is 895. The van der Waals surface area contributed by atoms with Gasteiger partial charge in [-0.3, -0.25) is 4.98 Å². The maximum Gasteiger partial charge on any atom is 0.317 e. The Kier molecular flexibility index (Phi) is 5.85. The number of hydrogen-bond acceptors (Lipinski definition) is 5. The Morgan fingerprint density at radius 1 is 0.939 bits per heavy atom. The van der Waals surface area contributed by atoms with Crippen molar-refractivity contribution in [1.82, 2.24) is 20.1 Å². The fourth-order valence-corrected chi connectivity index (χ4v) is 7.05. The van der Waals surface area contributed by atoms with E-state index in [0.717, 1.165) is 58.7 Å². The SMILES string of the molecule is CN1CCN(C(=O)NCCN2CCCN3c4c(nc5c(c42)CCCC5)C2CCCCC23)CC1. The quantitative estimate of drug-likeness (QED) is 0.764. The molecule has 1 aromatic rings. The minimum Gasteiger partial charge on any atom is -0.368 e. The average molecular weight is 453 g/mol. The van der Waals surface area contributed by atoms with Gasteiger partial charge in [-0.05, 0) is 57.6 Å². The predicted molar refractivity (Wildman–Crippen MR) is 133 cm³/mol. The van der Waals surface area contributed by atoms with Crippen molar-refractivity contribution >= 4 is 17.4 Å². The zero-order chi connectivity index (χ0) is 22.4. The predicted octanol–water partition coefficient (Wildman–Crippen LogP) is 2.97. The largest absolute Gasteiger partial charge is 0.368 e. The molecule has 0 spiro atoms. The van der Waals surface area contributed by atoms with Crippen molar-refractivity contribution in [1.29, 1.82) is 0 Å².